The highest BCUT2D eigenvalue weighted by molar-refractivity contribution is 9.10. The van der Waals surface area contributed by atoms with Gasteiger partial charge in [0.15, 0.2) is 5.75 Å². The molecule has 44 heteroatoms. The number of phenolic OH excluding ortho intramolecular Hbond substituents is 1. The van der Waals surface area contributed by atoms with Crippen LogP contribution in [-0.2, 0) is 28.5 Å². The fourth-order valence-corrected chi connectivity index (χ4v) is 13.2. The van der Waals surface area contributed by atoms with Gasteiger partial charge in [-0.3, -0.25) is 4.55 Å². The predicted molar refractivity (Wildman–Crippen MR) is 435 cm³/mol. The third kappa shape index (κ3) is 24.8. The number of aromatic hydroxyl groups is 1. The number of phenols is 1. The number of benzene rings is 10. The maximum atomic E-state index is 13.9. The lowest BCUT2D eigenvalue weighted by molar-refractivity contribution is 0.312. The number of ether oxygens (including phenoxy) is 8. The van der Waals surface area contributed by atoms with Crippen molar-refractivity contribution in [3.63, 3.8) is 0 Å². The fraction of sp³-hybridized carbons (Fsp3) is 0.150. The van der Waals surface area contributed by atoms with Gasteiger partial charge < -0.3 is 72.9 Å². The number of rotatable bonds is 11. The number of hydrogen-bond acceptors (Lipinski definition) is 27. The van der Waals surface area contributed by atoms with Crippen molar-refractivity contribution in [2.24, 2.45) is 0 Å². The van der Waals surface area contributed by atoms with Gasteiger partial charge in [-0.05, 0) is 125 Å². The van der Waals surface area contributed by atoms with Crippen LogP contribution in [0, 0.1) is 103 Å². The van der Waals surface area contributed by atoms with Gasteiger partial charge in [-0.2, -0.15) is 55.4 Å². The van der Waals surface area contributed by atoms with Crippen molar-refractivity contribution in [3.05, 3.63) is 261 Å². The molecule has 0 aliphatic carbocycles. The van der Waals surface area contributed by atoms with Crippen LogP contribution in [0.4, 0.5) is 89.5 Å². The molecule has 0 saturated carbocycles. The minimum absolute atomic E-state index is 0.0171. The molecule has 0 spiro atoms. The second-order valence-corrected chi connectivity index (χ2v) is 31.3. The molecule has 4 aliphatic heterocycles. The van der Waals surface area contributed by atoms with Crippen molar-refractivity contribution in [1.82, 2.24) is 9.97 Å². The summed E-state index contributed by atoms with van der Waals surface area (Å²) in [4.78, 5) is 12.4. The molecule has 648 valence electrons. The summed E-state index contributed by atoms with van der Waals surface area (Å²) in [6.07, 6.45) is 3.01. The molecule has 5 heterocycles. The summed E-state index contributed by atoms with van der Waals surface area (Å²) in [6.45, 7) is 4.41. The molecule has 0 bridgehead atoms. The van der Waals surface area contributed by atoms with E-state index in [1.165, 1.54) is 44.8 Å². The van der Waals surface area contributed by atoms with Gasteiger partial charge in [0.25, 0.3) is 9.05 Å². The lowest BCUT2D eigenvalue weighted by Gasteiger charge is -2.32. The van der Waals surface area contributed by atoms with Crippen molar-refractivity contribution >= 4 is 111 Å². The summed E-state index contributed by atoms with van der Waals surface area (Å²) in [6, 6.07) is 54.0. The Hall–Kier alpha value is -13.6. The molecular weight excluding hydrogens is 1820 g/mol. The van der Waals surface area contributed by atoms with E-state index in [1.54, 1.807) is 98.1 Å². The van der Waals surface area contributed by atoms with Crippen LogP contribution in [0.1, 0.15) is 22.3 Å². The van der Waals surface area contributed by atoms with Gasteiger partial charge >= 0.3 is 19.4 Å². The first-order valence-corrected chi connectivity index (χ1v) is 41.6. The van der Waals surface area contributed by atoms with Gasteiger partial charge in [-0.15, -0.1) is 0 Å². The number of fused-ring (bicyclic) bond motifs is 4. The molecule has 0 saturated heterocycles. The Morgan fingerprint density at radius 3 is 1.23 bits per heavy atom. The molecule has 0 radical (unpaired) electrons. The summed E-state index contributed by atoms with van der Waals surface area (Å²) in [7, 11) is 2.52. The summed E-state index contributed by atoms with van der Waals surface area (Å²) in [5.41, 5.74) is 12.7. The number of nitriles is 4. The molecule has 0 amide bonds. The van der Waals surface area contributed by atoms with Crippen molar-refractivity contribution in [1.29, 1.82) is 21.0 Å². The third-order valence-electron chi connectivity index (χ3n) is 16.7. The van der Waals surface area contributed by atoms with Crippen molar-refractivity contribution < 1.29 is 121 Å². The highest BCUT2D eigenvalue weighted by Crippen LogP contribution is 2.46. The molecule has 1 aromatic heterocycles. The lowest BCUT2D eigenvalue weighted by Crippen LogP contribution is -2.29. The van der Waals surface area contributed by atoms with Gasteiger partial charge in [0.05, 0.1) is 144 Å². The van der Waals surface area contributed by atoms with Crippen LogP contribution in [0.15, 0.2) is 191 Å². The number of halogens is 13. The average Bonchev–Trinajstić information content (AvgIpc) is 0.771. The van der Waals surface area contributed by atoms with E-state index in [4.69, 9.17) is 93.4 Å². The normalized spacial score (nSPS) is 12.4. The molecule has 28 nitrogen and oxygen atoms in total. The van der Waals surface area contributed by atoms with Gasteiger partial charge in [0.2, 0.25) is 63.9 Å². The molecule has 0 unspecified atom stereocenters. The standard InChI is InChI=1S/C22H13F5N2O5S.C16H13ClN2O4S.C16H14N2O2.C8H6BrNO.C8H9NO.C6HF5O.C4H5N3.ClHO3S/c1-32-15-8-11(10-28)2-4-13(15)29-6-7-33-16-9-12(3-5-14(16)29)35(30,31)34-22-20(26)18(24)17(23)19(25)21(22)27;1-22-15-8-11(10-18)2-4-13(15)19-6-7-23-16-9-12(24(17,20)21)3-5-14(16)19;1-19-16-10-12(11-17)6-7-14(16)18-8-9-20-15-5-3-2-4-13(15)18;1-11-8-4-6(5-10)2-3-7(8)9;1-2-4-8-7(3-1)9-5-6-10-8;7-1-2(8)4(10)6(12)5(11)3(1)9;5-4-1-2-6-3-7-4;1-5(2,3)4/h2-5,8-9H,6-7H2,1H3;2-5,8-9H,6-7H2,1H3;2-7,10H,8-9H2,1H3;2-4H,1H3;1-4,9H,5-6H2;12H;1-3H,(H2,5,6,7);(H,2,3,4). The summed E-state index contributed by atoms with van der Waals surface area (Å²) < 4.78 is 250. The number of anilines is 8. The molecule has 5 N–H and O–H groups in total. The highest BCUT2D eigenvalue weighted by Gasteiger charge is 2.34. The maximum Gasteiger partial charge on any atom is 0.353 e. The zero-order valence-corrected chi connectivity index (χ0v) is 69.7. The Morgan fingerprint density at radius 1 is 0.460 bits per heavy atom. The topological polar surface area (TPSA) is 395 Å². The number of methoxy groups -OCH3 is 4. The Labute approximate surface area is 718 Å². The van der Waals surface area contributed by atoms with Crippen LogP contribution < -0.4 is 67.8 Å². The van der Waals surface area contributed by atoms with Crippen LogP contribution in [0.25, 0.3) is 0 Å². The van der Waals surface area contributed by atoms with Crippen LogP contribution in [0.5, 0.6) is 57.5 Å². The Bertz CT molecular complexity index is 6110. The molecule has 11 aromatic rings. The zero-order chi connectivity index (χ0) is 90.9. The number of nitrogens with zero attached hydrogens (tertiary/aromatic N) is 9. The molecule has 15 rings (SSSR count). The van der Waals surface area contributed by atoms with Gasteiger partial charge in [-0.25, -0.2) is 44.7 Å². The van der Waals surface area contributed by atoms with E-state index in [9.17, 15) is 60.7 Å². The third-order valence-corrected chi connectivity index (χ3v) is 19.9. The number of nitrogen functional groups attached to an aromatic ring is 1. The Kier molecular flexibility index (Phi) is 33.8. The van der Waals surface area contributed by atoms with E-state index in [1.807, 2.05) is 71.6 Å². The second kappa shape index (κ2) is 43.8. The number of nitrogens with two attached hydrogens (primary N) is 1. The van der Waals surface area contributed by atoms with Gasteiger partial charge in [0, 0.05) is 64.4 Å². The number of para-hydroxylation sites is 4. The van der Waals surface area contributed by atoms with Crippen LogP contribution in [0.2, 0.25) is 0 Å². The summed E-state index contributed by atoms with van der Waals surface area (Å²) >= 11 is 3.29. The van der Waals surface area contributed by atoms with Crippen LogP contribution in [0.3, 0.4) is 0 Å². The van der Waals surface area contributed by atoms with Crippen molar-refractivity contribution in [2.75, 3.05) is 107 Å². The minimum atomic E-state index is -5.04. The average molecular weight is 1890 g/mol. The van der Waals surface area contributed by atoms with E-state index in [2.05, 4.69) is 63.1 Å². The molecular formula is C80H62BrCl2F10N11O17S3. The first kappa shape index (κ1) is 95.9. The SMILES string of the molecule is COc1cc(C#N)ccc1Br.COc1cc(C#N)ccc1N1CCOc2cc(S(=O)(=O)Cl)ccc21.COc1cc(C#N)ccc1N1CCOc2cc(S(=O)(=O)Oc3c(F)c(F)c(F)c(F)c3F)ccc21.COc1cc(C#N)ccc1N1CCOc2ccccc21.Nc1ccncn1.O=S(=O)(O)Cl.Oc1c(F)c(F)c(F)c(F)c1F.c1ccc2c(c1)NCCO2. The highest BCUT2D eigenvalue weighted by atomic mass is 79.9. The van der Waals surface area contributed by atoms with E-state index < -0.39 is 103 Å². The fourth-order valence-electron chi connectivity index (χ4n) is 11.1. The van der Waals surface area contributed by atoms with Gasteiger partial charge in [0.1, 0.15) is 89.5 Å². The lowest BCUT2D eigenvalue weighted by atomic mass is 10.1. The Balaban J connectivity index is 0.000000188. The first-order valence-electron chi connectivity index (χ1n) is 34.8. The molecule has 10 aromatic carbocycles. The Morgan fingerprint density at radius 2 is 0.823 bits per heavy atom. The molecule has 124 heavy (non-hydrogen) atoms. The monoisotopic (exact) mass is 1880 g/mol. The molecule has 4 aliphatic rings. The molecule has 0 atom stereocenters. The minimum Gasteiger partial charge on any atom is -0.503 e. The van der Waals surface area contributed by atoms with E-state index in [0.717, 1.165) is 70.6 Å². The largest absolute Gasteiger partial charge is 0.503 e. The number of aromatic nitrogens is 2. The summed E-state index contributed by atoms with van der Waals surface area (Å²) in [5, 5.41) is 47.1. The predicted octanol–water partition coefficient (Wildman–Crippen LogP) is 16.7. The smallest absolute Gasteiger partial charge is 0.353 e. The second-order valence-electron chi connectivity index (χ2n) is 24.3. The maximum absolute atomic E-state index is 13.9. The molecule has 0 fully saturated rings. The van der Waals surface area contributed by atoms with Crippen LogP contribution in [-0.4, -0.2) is 126 Å². The van der Waals surface area contributed by atoms with Crippen molar-refractivity contribution in [2.45, 2.75) is 9.79 Å². The zero-order valence-electron chi connectivity index (χ0n) is 64.2. The number of hydrogen-bond donors (Lipinski definition) is 4. The van der Waals surface area contributed by atoms with Crippen LogP contribution >= 0.6 is 37.3 Å². The van der Waals surface area contributed by atoms with Gasteiger partial charge in [-0.1, -0.05) is 24.3 Å². The number of nitrogens with one attached hydrogen (secondary N) is 1. The van der Waals surface area contributed by atoms with E-state index in [-0.39, 0.29) is 17.3 Å². The summed E-state index contributed by atoms with van der Waals surface area (Å²) in [5.74, 6) is -21.8. The quantitative estimate of drug-likeness (QED) is 0.0233. The first-order chi connectivity index (χ1) is 58.9. The van der Waals surface area contributed by atoms with E-state index in [0.29, 0.717) is 100 Å². The van der Waals surface area contributed by atoms with E-state index >= 15 is 0 Å². The van der Waals surface area contributed by atoms with Crippen molar-refractivity contribution in [3.8, 4) is 81.8 Å².